The Morgan fingerprint density at radius 1 is 1.32 bits per heavy atom. The largest absolute Gasteiger partial charge is 0.324 e. The lowest BCUT2D eigenvalue weighted by molar-refractivity contribution is 0.100. The van der Waals surface area contributed by atoms with Crippen LogP contribution in [-0.4, -0.2) is 38.2 Å². The Bertz CT molecular complexity index is 1260. The summed E-state index contributed by atoms with van der Waals surface area (Å²) in [5, 5.41) is 5.59. The van der Waals surface area contributed by atoms with Crippen LogP contribution in [0.1, 0.15) is 54.4 Å². The van der Waals surface area contributed by atoms with Crippen LogP contribution in [0.2, 0.25) is 0 Å². The number of ketones is 1. The van der Waals surface area contributed by atoms with Gasteiger partial charge in [0, 0.05) is 24.7 Å². The molecule has 0 bridgehead atoms. The average molecular weight is 419 g/mol. The van der Waals surface area contributed by atoms with Crippen molar-refractivity contribution < 1.29 is 4.79 Å². The van der Waals surface area contributed by atoms with Crippen molar-refractivity contribution in [2.45, 2.75) is 58.5 Å². The third-order valence-electron chi connectivity index (χ3n) is 6.23. The normalized spacial score (nSPS) is 15.7. The van der Waals surface area contributed by atoms with Crippen LogP contribution in [0.5, 0.6) is 0 Å². The molecule has 0 saturated heterocycles. The SMILES string of the molecule is C=N/C=N\c1c(C)n(CC2(n3cc(C)c4cccnc43)CCCC2)nc(C(C)=O)c1=O. The second-order valence-corrected chi connectivity index (χ2v) is 8.24. The fraction of sp³-hybridized carbons (Fsp3) is 0.391. The van der Waals surface area contributed by atoms with Crippen LogP contribution in [0, 0.1) is 13.8 Å². The van der Waals surface area contributed by atoms with E-state index in [1.807, 2.05) is 12.3 Å². The molecule has 0 amide bonds. The van der Waals surface area contributed by atoms with Crippen molar-refractivity contribution in [2.24, 2.45) is 9.98 Å². The zero-order valence-corrected chi connectivity index (χ0v) is 18.1. The summed E-state index contributed by atoms with van der Waals surface area (Å²) in [5.41, 5.74) is 2.05. The number of aliphatic imine (C=N–C) groups is 2. The molecule has 4 rings (SSSR count). The maximum atomic E-state index is 12.8. The van der Waals surface area contributed by atoms with Gasteiger partial charge in [-0.05, 0) is 51.1 Å². The summed E-state index contributed by atoms with van der Waals surface area (Å²) in [4.78, 5) is 37.3. The van der Waals surface area contributed by atoms with Gasteiger partial charge in [0.25, 0.3) is 0 Å². The van der Waals surface area contributed by atoms with Crippen molar-refractivity contribution in [3.63, 3.8) is 0 Å². The number of carbonyl (C=O) groups excluding carboxylic acids is 1. The Labute approximate surface area is 180 Å². The third kappa shape index (κ3) is 3.52. The molecule has 0 radical (unpaired) electrons. The van der Waals surface area contributed by atoms with Crippen molar-refractivity contribution in [3.05, 3.63) is 51.7 Å². The van der Waals surface area contributed by atoms with Gasteiger partial charge in [0.1, 0.15) is 17.7 Å². The lowest BCUT2D eigenvalue weighted by Crippen LogP contribution is -2.37. The number of fused-ring (bicyclic) bond motifs is 1. The second-order valence-electron chi connectivity index (χ2n) is 8.24. The summed E-state index contributed by atoms with van der Waals surface area (Å²) < 4.78 is 4.02. The molecule has 160 valence electrons. The molecule has 3 aromatic rings. The molecule has 0 aliphatic heterocycles. The van der Waals surface area contributed by atoms with E-state index in [-0.39, 0.29) is 22.7 Å². The van der Waals surface area contributed by atoms with Gasteiger partial charge >= 0.3 is 0 Å². The van der Waals surface area contributed by atoms with Gasteiger partial charge < -0.3 is 4.57 Å². The van der Waals surface area contributed by atoms with Gasteiger partial charge in [-0.1, -0.05) is 12.8 Å². The number of aromatic nitrogens is 4. The highest BCUT2D eigenvalue weighted by Gasteiger charge is 2.38. The molecule has 1 aliphatic carbocycles. The molecule has 0 N–H and O–H groups in total. The molecule has 3 heterocycles. The number of nitrogens with zero attached hydrogens (tertiary/aromatic N) is 6. The summed E-state index contributed by atoms with van der Waals surface area (Å²) in [7, 11) is 0. The lowest BCUT2D eigenvalue weighted by Gasteiger charge is -2.33. The number of rotatable bonds is 6. The van der Waals surface area contributed by atoms with E-state index in [9.17, 15) is 9.59 Å². The smallest absolute Gasteiger partial charge is 0.237 e. The van der Waals surface area contributed by atoms with Crippen LogP contribution in [-0.2, 0) is 12.1 Å². The maximum absolute atomic E-state index is 12.8. The molecule has 8 nitrogen and oxygen atoms in total. The molecule has 0 spiro atoms. The molecule has 1 aliphatic rings. The van der Waals surface area contributed by atoms with Gasteiger partial charge in [0.15, 0.2) is 11.5 Å². The molecule has 3 aromatic heterocycles. The fourth-order valence-electron chi connectivity index (χ4n) is 4.64. The molecule has 1 saturated carbocycles. The second kappa shape index (κ2) is 8.02. The van der Waals surface area contributed by atoms with Crippen LogP contribution < -0.4 is 5.43 Å². The molecule has 0 aromatic carbocycles. The number of pyridine rings is 1. The van der Waals surface area contributed by atoms with Gasteiger partial charge in [0.05, 0.1) is 17.8 Å². The first-order valence-corrected chi connectivity index (χ1v) is 10.4. The Morgan fingerprint density at radius 3 is 2.74 bits per heavy atom. The monoisotopic (exact) mass is 418 g/mol. The average Bonchev–Trinajstić information content (AvgIpc) is 3.36. The third-order valence-corrected chi connectivity index (χ3v) is 6.23. The Balaban J connectivity index is 1.90. The van der Waals surface area contributed by atoms with E-state index in [1.165, 1.54) is 18.8 Å². The molecular weight excluding hydrogens is 392 g/mol. The van der Waals surface area contributed by atoms with E-state index in [0.29, 0.717) is 12.2 Å². The Kier molecular flexibility index (Phi) is 5.39. The van der Waals surface area contributed by atoms with E-state index >= 15 is 0 Å². The van der Waals surface area contributed by atoms with E-state index in [4.69, 9.17) is 0 Å². The topological polar surface area (TPSA) is 94.5 Å². The van der Waals surface area contributed by atoms with E-state index in [2.05, 4.69) is 50.5 Å². The highest BCUT2D eigenvalue weighted by Crippen LogP contribution is 2.41. The van der Waals surface area contributed by atoms with E-state index in [1.54, 1.807) is 11.6 Å². The predicted molar refractivity (Wildman–Crippen MR) is 122 cm³/mol. The molecule has 8 heteroatoms. The minimum Gasteiger partial charge on any atom is -0.324 e. The van der Waals surface area contributed by atoms with Crippen LogP contribution in [0.3, 0.4) is 0 Å². The Morgan fingerprint density at radius 2 is 2.06 bits per heavy atom. The zero-order valence-electron chi connectivity index (χ0n) is 18.1. The number of hydrogen-bond donors (Lipinski definition) is 0. The summed E-state index contributed by atoms with van der Waals surface area (Å²) in [6.45, 7) is 9.14. The first kappa shape index (κ1) is 20.8. The van der Waals surface area contributed by atoms with Crippen molar-refractivity contribution in [3.8, 4) is 0 Å². The number of hydrogen-bond acceptors (Lipinski definition) is 5. The van der Waals surface area contributed by atoms with E-state index in [0.717, 1.165) is 36.7 Å². The summed E-state index contributed by atoms with van der Waals surface area (Å²) >= 11 is 0. The van der Waals surface area contributed by atoms with Crippen molar-refractivity contribution in [1.82, 2.24) is 19.3 Å². The summed E-state index contributed by atoms with van der Waals surface area (Å²) in [6.07, 6.45) is 9.30. The highest BCUT2D eigenvalue weighted by atomic mass is 16.1. The number of aryl methyl sites for hydroxylation is 1. The molecule has 31 heavy (non-hydrogen) atoms. The van der Waals surface area contributed by atoms with Gasteiger partial charge in [-0.3, -0.25) is 19.3 Å². The van der Waals surface area contributed by atoms with Gasteiger partial charge in [-0.25, -0.2) is 9.98 Å². The summed E-state index contributed by atoms with van der Waals surface area (Å²) in [5.74, 6) is -0.383. The van der Waals surface area contributed by atoms with Crippen molar-refractivity contribution in [1.29, 1.82) is 0 Å². The van der Waals surface area contributed by atoms with Gasteiger partial charge in [-0.2, -0.15) is 5.10 Å². The van der Waals surface area contributed by atoms with Gasteiger partial charge in [-0.15, -0.1) is 0 Å². The molecule has 1 fully saturated rings. The van der Waals surface area contributed by atoms with Crippen LogP contribution in [0.25, 0.3) is 11.0 Å². The van der Waals surface area contributed by atoms with Crippen LogP contribution in [0.15, 0.2) is 39.3 Å². The fourth-order valence-corrected chi connectivity index (χ4v) is 4.64. The quantitative estimate of drug-likeness (QED) is 0.346. The first-order valence-electron chi connectivity index (χ1n) is 10.4. The van der Waals surface area contributed by atoms with E-state index < -0.39 is 5.43 Å². The zero-order chi connectivity index (χ0) is 22.2. The van der Waals surface area contributed by atoms with Crippen molar-refractivity contribution >= 4 is 35.6 Å². The van der Waals surface area contributed by atoms with Crippen LogP contribution in [0.4, 0.5) is 5.69 Å². The first-order chi connectivity index (χ1) is 14.9. The number of Topliss-reactive ketones (excluding diaryl/α,β-unsaturated/α-hetero) is 1. The Hall–Kier alpha value is -3.42. The lowest BCUT2D eigenvalue weighted by atomic mass is 9.96. The minimum atomic E-state index is -0.481. The number of carbonyl (C=O) groups is 1. The molecule has 0 unspecified atom stereocenters. The van der Waals surface area contributed by atoms with Crippen LogP contribution >= 0.6 is 0 Å². The van der Waals surface area contributed by atoms with Crippen molar-refractivity contribution in [2.75, 3.05) is 0 Å². The minimum absolute atomic E-state index is 0.110. The molecule has 0 atom stereocenters. The maximum Gasteiger partial charge on any atom is 0.237 e. The van der Waals surface area contributed by atoms with Gasteiger partial charge in [0.2, 0.25) is 5.43 Å². The summed E-state index contributed by atoms with van der Waals surface area (Å²) in [6, 6.07) is 4.04. The predicted octanol–water partition coefficient (Wildman–Crippen LogP) is 3.74. The molecular formula is C23H26N6O2. The highest BCUT2D eigenvalue weighted by molar-refractivity contribution is 5.92. The standard InChI is InChI=1S/C23H26N6O2/c1-15-12-28(22-18(15)8-7-11-25-22)23(9-5-6-10-23)13-29-16(2)19(26-14-24-4)21(31)20(27-29)17(3)30/h7-8,11-12,14H,4-6,9-10,13H2,1-3H3/b26-14-.